The summed E-state index contributed by atoms with van der Waals surface area (Å²) >= 11 is 11.8. The van der Waals surface area contributed by atoms with Crippen molar-refractivity contribution in [3.05, 3.63) is 22.2 Å². The Morgan fingerprint density at radius 3 is 2.38 bits per heavy atom. The summed E-state index contributed by atoms with van der Waals surface area (Å²) in [5.41, 5.74) is 5.84. The molecular formula is C14H20Cl2N2O2S. The zero-order valence-corrected chi connectivity index (χ0v) is 14.2. The molecule has 1 fully saturated rings. The molecule has 0 aromatic heterocycles. The lowest BCUT2D eigenvalue weighted by atomic mass is 9.85. The Hall–Kier alpha value is -0.490. The molecule has 7 heteroatoms. The van der Waals surface area contributed by atoms with E-state index < -0.39 is 10.0 Å². The molecule has 0 bridgehead atoms. The van der Waals surface area contributed by atoms with Gasteiger partial charge in [-0.2, -0.15) is 0 Å². The minimum Gasteiger partial charge on any atom is -0.398 e. The van der Waals surface area contributed by atoms with Crippen molar-refractivity contribution in [1.82, 2.24) is 4.72 Å². The van der Waals surface area contributed by atoms with E-state index in [4.69, 9.17) is 28.9 Å². The van der Waals surface area contributed by atoms with Gasteiger partial charge in [-0.15, -0.1) is 0 Å². The van der Waals surface area contributed by atoms with Crippen LogP contribution in [0.15, 0.2) is 17.0 Å². The average molecular weight is 351 g/mol. The summed E-state index contributed by atoms with van der Waals surface area (Å²) in [6.07, 6.45) is 4.95. The molecular weight excluding hydrogens is 331 g/mol. The number of hydrogen-bond donors (Lipinski definition) is 2. The van der Waals surface area contributed by atoms with Crippen LogP contribution in [-0.4, -0.2) is 14.5 Å². The summed E-state index contributed by atoms with van der Waals surface area (Å²) in [7, 11) is -3.73. The highest BCUT2D eigenvalue weighted by Gasteiger charge is 2.28. The Labute approximate surface area is 136 Å². The summed E-state index contributed by atoms with van der Waals surface area (Å²) in [5.74, 6) is 0.704. The lowest BCUT2D eigenvalue weighted by molar-refractivity contribution is 0.306. The van der Waals surface area contributed by atoms with E-state index >= 15 is 0 Å². The van der Waals surface area contributed by atoms with Crippen molar-refractivity contribution in [2.24, 2.45) is 5.92 Å². The smallest absolute Gasteiger partial charge is 0.244 e. The number of nitrogens with two attached hydrogens (primary N) is 1. The fourth-order valence-electron chi connectivity index (χ4n) is 2.83. The van der Waals surface area contributed by atoms with Crippen LogP contribution >= 0.6 is 23.2 Å². The minimum absolute atomic E-state index is 0.0507. The molecule has 1 aliphatic carbocycles. The predicted octanol–water partition coefficient (Wildman–Crippen LogP) is 3.82. The van der Waals surface area contributed by atoms with E-state index in [1.54, 1.807) is 0 Å². The van der Waals surface area contributed by atoms with Gasteiger partial charge in [-0.05, 0) is 43.7 Å². The third-order valence-corrected chi connectivity index (χ3v) is 6.32. The van der Waals surface area contributed by atoms with Crippen molar-refractivity contribution in [2.45, 2.75) is 50.0 Å². The van der Waals surface area contributed by atoms with Crippen molar-refractivity contribution in [1.29, 1.82) is 0 Å². The number of benzene rings is 1. The van der Waals surface area contributed by atoms with Crippen molar-refractivity contribution < 1.29 is 8.42 Å². The maximum atomic E-state index is 12.5. The van der Waals surface area contributed by atoms with Gasteiger partial charge >= 0.3 is 0 Å². The standard InChI is InChI=1S/C14H20Cl2N2O2S/c1-2-9-3-5-11(6-4-9)18-21(19,20)14-12(16)7-10(15)8-13(14)17/h7-9,11,18H,2-6,17H2,1H3. The van der Waals surface area contributed by atoms with Crippen molar-refractivity contribution in [3.8, 4) is 0 Å². The van der Waals surface area contributed by atoms with Crippen LogP contribution in [0.2, 0.25) is 10.0 Å². The maximum Gasteiger partial charge on any atom is 0.244 e. The molecule has 21 heavy (non-hydrogen) atoms. The van der Waals surface area contributed by atoms with Crippen LogP contribution in [0, 0.1) is 5.92 Å². The number of halogens is 2. The zero-order valence-electron chi connectivity index (χ0n) is 11.9. The topological polar surface area (TPSA) is 72.2 Å². The van der Waals surface area contributed by atoms with Gasteiger partial charge in [0.25, 0.3) is 0 Å². The quantitative estimate of drug-likeness (QED) is 0.810. The van der Waals surface area contributed by atoms with E-state index in [2.05, 4.69) is 11.6 Å². The molecule has 0 saturated heterocycles. The second-order valence-electron chi connectivity index (χ2n) is 5.55. The van der Waals surface area contributed by atoms with Gasteiger partial charge in [0, 0.05) is 11.1 Å². The normalized spacial score (nSPS) is 23.2. The molecule has 1 aromatic carbocycles. The second-order valence-corrected chi connectivity index (χ2v) is 8.05. The van der Waals surface area contributed by atoms with Gasteiger partial charge in [-0.25, -0.2) is 13.1 Å². The van der Waals surface area contributed by atoms with Crippen LogP contribution in [0.3, 0.4) is 0 Å². The van der Waals surface area contributed by atoms with Gasteiger partial charge in [0.05, 0.1) is 10.7 Å². The molecule has 0 spiro atoms. The van der Waals surface area contributed by atoms with E-state index in [1.165, 1.54) is 12.1 Å². The second kappa shape index (κ2) is 6.73. The number of anilines is 1. The molecule has 0 atom stereocenters. The molecule has 1 saturated carbocycles. The minimum atomic E-state index is -3.73. The Kier molecular flexibility index (Phi) is 5.41. The first kappa shape index (κ1) is 16.9. The Morgan fingerprint density at radius 1 is 1.24 bits per heavy atom. The lowest BCUT2D eigenvalue weighted by Gasteiger charge is -2.28. The first-order valence-electron chi connectivity index (χ1n) is 7.10. The van der Waals surface area contributed by atoms with Crippen LogP contribution in [0.5, 0.6) is 0 Å². The van der Waals surface area contributed by atoms with Gasteiger partial charge in [-0.3, -0.25) is 0 Å². The molecule has 2 rings (SSSR count). The van der Waals surface area contributed by atoms with E-state index in [0.717, 1.165) is 32.1 Å². The van der Waals surface area contributed by atoms with Crippen molar-refractivity contribution in [2.75, 3.05) is 5.73 Å². The van der Waals surface area contributed by atoms with E-state index in [0.29, 0.717) is 10.9 Å². The van der Waals surface area contributed by atoms with Gasteiger partial charge < -0.3 is 5.73 Å². The summed E-state index contributed by atoms with van der Waals surface area (Å²) in [5, 5.41) is 0.370. The van der Waals surface area contributed by atoms with Gasteiger partial charge in [0.15, 0.2) is 0 Å². The SMILES string of the molecule is CCC1CCC(NS(=O)(=O)c2c(N)cc(Cl)cc2Cl)CC1. The highest BCUT2D eigenvalue weighted by atomic mass is 35.5. The Bertz CT molecular complexity index is 588. The molecule has 0 aliphatic heterocycles. The van der Waals surface area contributed by atoms with Gasteiger partial charge in [-0.1, -0.05) is 36.5 Å². The number of rotatable bonds is 4. The molecule has 4 nitrogen and oxygen atoms in total. The average Bonchev–Trinajstić information content (AvgIpc) is 2.37. The summed E-state index contributed by atoms with van der Waals surface area (Å²) in [6.45, 7) is 2.17. The highest BCUT2D eigenvalue weighted by Crippen LogP contribution is 2.32. The lowest BCUT2D eigenvalue weighted by Crippen LogP contribution is -2.38. The number of nitrogens with one attached hydrogen (secondary N) is 1. The molecule has 1 aromatic rings. The van der Waals surface area contributed by atoms with Gasteiger partial charge in [0.2, 0.25) is 10.0 Å². The maximum absolute atomic E-state index is 12.5. The highest BCUT2D eigenvalue weighted by molar-refractivity contribution is 7.89. The fraction of sp³-hybridized carbons (Fsp3) is 0.571. The molecule has 1 aliphatic rings. The first-order chi connectivity index (χ1) is 9.83. The molecule has 0 unspecified atom stereocenters. The fourth-order valence-corrected chi connectivity index (χ4v) is 5.12. The molecule has 0 amide bonds. The molecule has 3 N–H and O–H groups in total. The van der Waals surface area contributed by atoms with Gasteiger partial charge in [0.1, 0.15) is 4.90 Å². The summed E-state index contributed by atoms with van der Waals surface area (Å²) < 4.78 is 27.7. The monoisotopic (exact) mass is 350 g/mol. The van der Waals surface area contributed by atoms with E-state index in [-0.39, 0.29) is 21.6 Å². The molecule has 0 radical (unpaired) electrons. The summed E-state index contributed by atoms with van der Waals surface area (Å²) in [4.78, 5) is -0.0776. The summed E-state index contributed by atoms with van der Waals surface area (Å²) in [6, 6.07) is 2.74. The van der Waals surface area contributed by atoms with Crippen molar-refractivity contribution >= 4 is 38.9 Å². The molecule has 0 heterocycles. The van der Waals surface area contributed by atoms with Crippen LogP contribution in [-0.2, 0) is 10.0 Å². The third-order valence-electron chi connectivity index (χ3n) is 4.05. The number of sulfonamides is 1. The predicted molar refractivity (Wildman–Crippen MR) is 87.2 cm³/mol. The Morgan fingerprint density at radius 2 is 1.86 bits per heavy atom. The van der Waals surface area contributed by atoms with Crippen LogP contribution in [0.4, 0.5) is 5.69 Å². The van der Waals surface area contributed by atoms with Crippen LogP contribution in [0.25, 0.3) is 0 Å². The van der Waals surface area contributed by atoms with Crippen molar-refractivity contribution in [3.63, 3.8) is 0 Å². The van der Waals surface area contributed by atoms with Crippen LogP contribution in [0.1, 0.15) is 39.0 Å². The number of hydrogen-bond acceptors (Lipinski definition) is 3. The number of nitrogen functional groups attached to an aromatic ring is 1. The van der Waals surface area contributed by atoms with E-state index in [9.17, 15) is 8.42 Å². The largest absolute Gasteiger partial charge is 0.398 e. The van der Waals surface area contributed by atoms with Crippen LogP contribution < -0.4 is 10.5 Å². The zero-order chi connectivity index (χ0) is 15.6. The molecule has 118 valence electrons. The van der Waals surface area contributed by atoms with E-state index in [1.807, 2.05) is 0 Å². The Balaban J connectivity index is 2.16. The first-order valence-corrected chi connectivity index (χ1v) is 9.34. The third kappa shape index (κ3) is 4.03.